The molecule has 0 rings (SSSR count). The number of hydrogen-bond donors (Lipinski definition) is 1. The predicted octanol–water partition coefficient (Wildman–Crippen LogP) is 3.83. The molecule has 0 aromatic heterocycles. The van der Waals surface area contributed by atoms with Gasteiger partial charge in [-0.15, -0.1) is 5.73 Å². The van der Waals surface area contributed by atoms with Crippen molar-refractivity contribution in [2.24, 2.45) is 0 Å². The first kappa shape index (κ1) is 13.5. The summed E-state index contributed by atoms with van der Waals surface area (Å²) in [6.45, 7) is 7.64. The van der Waals surface area contributed by atoms with E-state index >= 15 is 0 Å². The smallest absolute Gasteiger partial charge is 0.0820 e. The molecule has 0 radical (unpaired) electrons. The monoisotopic (exact) mass is 196 g/mol. The van der Waals surface area contributed by atoms with Gasteiger partial charge in [-0.25, -0.2) is 0 Å². The first-order valence-electron chi connectivity index (χ1n) is 5.77. The van der Waals surface area contributed by atoms with Gasteiger partial charge in [0.2, 0.25) is 0 Å². The average molecular weight is 196 g/mol. The largest absolute Gasteiger partial charge is 0.388 e. The Balaban J connectivity index is 3.32. The lowest BCUT2D eigenvalue weighted by atomic mass is 10.0. The lowest BCUT2D eigenvalue weighted by Gasteiger charge is -2.08. The Morgan fingerprint density at radius 2 is 1.79 bits per heavy atom. The van der Waals surface area contributed by atoms with Crippen LogP contribution in [0, 0.1) is 0 Å². The topological polar surface area (TPSA) is 20.2 Å². The highest BCUT2D eigenvalue weighted by Crippen LogP contribution is 2.11. The van der Waals surface area contributed by atoms with Crippen molar-refractivity contribution in [2.45, 2.75) is 64.9 Å². The molecule has 0 bridgehead atoms. The predicted molar refractivity (Wildman–Crippen MR) is 62.3 cm³/mol. The summed E-state index contributed by atoms with van der Waals surface area (Å²) in [6, 6.07) is 0. The van der Waals surface area contributed by atoms with Gasteiger partial charge >= 0.3 is 0 Å². The zero-order valence-electron chi connectivity index (χ0n) is 9.68. The van der Waals surface area contributed by atoms with Gasteiger partial charge in [-0.1, -0.05) is 52.0 Å². The van der Waals surface area contributed by atoms with E-state index in [1.165, 1.54) is 32.1 Å². The molecule has 14 heavy (non-hydrogen) atoms. The van der Waals surface area contributed by atoms with Gasteiger partial charge in [-0.3, -0.25) is 0 Å². The Hall–Kier alpha value is -0.520. The highest BCUT2D eigenvalue weighted by atomic mass is 16.3. The highest BCUT2D eigenvalue weighted by Gasteiger charge is 2.04. The SMILES string of the molecule is C=C=C(C)[C@H](O)CCCCCCCC. The molecule has 1 heteroatoms. The van der Waals surface area contributed by atoms with Crippen molar-refractivity contribution in [1.29, 1.82) is 0 Å². The van der Waals surface area contributed by atoms with Gasteiger partial charge in [0.05, 0.1) is 6.10 Å². The van der Waals surface area contributed by atoms with Crippen LogP contribution in [0.1, 0.15) is 58.8 Å². The number of hydrogen-bond acceptors (Lipinski definition) is 1. The minimum Gasteiger partial charge on any atom is -0.388 e. The van der Waals surface area contributed by atoms with E-state index < -0.39 is 0 Å². The number of aliphatic hydroxyl groups excluding tert-OH is 1. The molecule has 0 aliphatic heterocycles. The average Bonchev–Trinajstić information content (AvgIpc) is 2.21. The van der Waals surface area contributed by atoms with Crippen molar-refractivity contribution in [3.63, 3.8) is 0 Å². The van der Waals surface area contributed by atoms with Crippen molar-refractivity contribution in [3.8, 4) is 0 Å². The van der Waals surface area contributed by atoms with E-state index in [-0.39, 0.29) is 6.10 Å². The maximum atomic E-state index is 9.58. The molecular formula is C13H24O. The van der Waals surface area contributed by atoms with E-state index in [0.717, 1.165) is 18.4 Å². The Morgan fingerprint density at radius 3 is 2.36 bits per heavy atom. The summed E-state index contributed by atoms with van der Waals surface area (Å²) in [5, 5.41) is 9.58. The maximum absolute atomic E-state index is 9.58. The van der Waals surface area contributed by atoms with Gasteiger partial charge < -0.3 is 5.11 Å². The van der Waals surface area contributed by atoms with Crippen LogP contribution in [-0.4, -0.2) is 11.2 Å². The van der Waals surface area contributed by atoms with E-state index in [9.17, 15) is 5.11 Å². The molecule has 82 valence electrons. The van der Waals surface area contributed by atoms with Crippen molar-refractivity contribution in [2.75, 3.05) is 0 Å². The molecule has 0 saturated carbocycles. The molecule has 1 atom stereocenters. The molecule has 0 aliphatic rings. The van der Waals surface area contributed by atoms with Crippen molar-refractivity contribution < 1.29 is 5.11 Å². The lowest BCUT2D eigenvalue weighted by Crippen LogP contribution is -2.06. The summed E-state index contributed by atoms with van der Waals surface area (Å²) in [7, 11) is 0. The van der Waals surface area contributed by atoms with E-state index in [2.05, 4.69) is 19.2 Å². The van der Waals surface area contributed by atoms with Gasteiger partial charge in [-0.2, -0.15) is 0 Å². The normalized spacial score (nSPS) is 12.2. The van der Waals surface area contributed by atoms with Crippen LogP contribution in [0.5, 0.6) is 0 Å². The fraction of sp³-hybridized carbons (Fsp3) is 0.769. The Bertz CT molecular complexity index is 178. The van der Waals surface area contributed by atoms with E-state index in [4.69, 9.17) is 0 Å². The molecule has 0 aromatic carbocycles. The number of unbranched alkanes of at least 4 members (excludes halogenated alkanes) is 5. The molecule has 0 amide bonds. The fourth-order valence-electron chi connectivity index (χ4n) is 1.45. The summed E-state index contributed by atoms with van der Waals surface area (Å²) in [6.07, 6.45) is 8.17. The minimum atomic E-state index is -0.321. The quantitative estimate of drug-likeness (QED) is 0.462. The second-order valence-corrected chi connectivity index (χ2v) is 3.93. The van der Waals surface area contributed by atoms with Gasteiger partial charge in [0.1, 0.15) is 0 Å². The van der Waals surface area contributed by atoms with Crippen LogP contribution in [0.15, 0.2) is 17.9 Å². The van der Waals surface area contributed by atoms with Crippen LogP contribution in [0.4, 0.5) is 0 Å². The second-order valence-electron chi connectivity index (χ2n) is 3.93. The van der Waals surface area contributed by atoms with Crippen LogP contribution >= 0.6 is 0 Å². The van der Waals surface area contributed by atoms with E-state index in [1.807, 2.05) is 6.92 Å². The van der Waals surface area contributed by atoms with Crippen molar-refractivity contribution in [3.05, 3.63) is 17.9 Å². The van der Waals surface area contributed by atoms with Gasteiger partial charge in [-0.05, 0) is 18.9 Å². The molecule has 0 aromatic rings. The van der Waals surface area contributed by atoms with Crippen LogP contribution < -0.4 is 0 Å². The molecule has 0 saturated heterocycles. The lowest BCUT2D eigenvalue weighted by molar-refractivity contribution is 0.196. The first-order valence-corrected chi connectivity index (χ1v) is 5.77. The summed E-state index contributed by atoms with van der Waals surface area (Å²) >= 11 is 0. The second kappa shape index (κ2) is 9.05. The van der Waals surface area contributed by atoms with Crippen LogP contribution in [0.25, 0.3) is 0 Å². The number of rotatable bonds is 8. The Labute approximate surface area is 88.5 Å². The maximum Gasteiger partial charge on any atom is 0.0820 e. The summed E-state index contributed by atoms with van der Waals surface area (Å²) in [5.41, 5.74) is 3.62. The third kappa shape index (κ3) is 6.94. The summed E-state index contributed by atoms with van der Waals surface area (Å²) in [4.78, 5) is 0. The molecule has 1 N–H and O–H groups in total. The highest BCUT2D eigenvalue weighted by molar-refractivity contribution is 5.00. The van der Waals surface area contributed by atoms with Crippen LogP contribution in [0.2, 0.25) is 0 Å². The zero-order valence-corrected chi connectivity index (χ0v) is 9.68. The Kier molecular flexibility index (Phi) is 8.72. The molecular weight excluding hydrogens is 172 g/mol. The molecule has 0 unspecified atom stereocenters. The van der Waals surface area contributed by atoms with Gasteiger partial charge in [0.15, 0.2) is 0 Å². The first-order chi connectivity index (χ1) is 6.72. The van der Waals surface area contributed by atoms with Crippen LogP contribution in [0.3, 0.4) is 0 Å². The molecule has 0 heterocycles. The fourth-order valence-corrected chi connectivity index (χ4v) is 1.45. The summed E-state index contributed by atoms with van der Waals surface area (Å²) in [5.74, 6) is 0. The van der Waals surface area contributed by atoms with Crippen molar-refractivity contribution >= 4 is 0 Å². The zero-order chi connectivity index (χ0) is 10.8. The third-order valence-corrected chi connectivity index (χ3v) is 2.61. The standard InChI is InChI=1S/C13H24O/c1-4-6-7-8-9-10-11-13(14)12(3)5-2/h13-14H,2,4,6-11H2,1,3H3/t13-/m1/s1. The summed E-state index contributed by atoms with van der Waals surface area (Å²) < 4.78 is 0. The van der Waals surface area contributed by atoms with Crippen LogP contribution in [-0.2, 0) is 0 Å². The molecule has 0 aliphatic carbocycles. The third-order valence-electron chi connectivity index (χ3n) is 2.61. The number of aliphatic hydroxyl groups is 1. The van der Waals surface area contributed by atoms with E-state index in [1.54, 1.807) is 0 Å². The minimum absolute atomic E-state index is 0.321. The van der Waals surface area contributed by atoms with E-state index in [0.29, 0.717) is 0 Å². The van der Waals surface area contributed by atoms with Gasteiger partial charge in [0, 0.05) is 0 Å². The molecule has 0 spiro atoms. The van der Waals surface area contributed by atoms with Gasteiger partial charge in [0.25, 0.3) is 0 Å². The molecule has 1 nitrogen and oxygen atoms in total. The van der Waals surface area contributed by atoms with Crippen molar-refractivity contribution in [1.82, 2.24) is 0 Å². The Morgan fingerprint density at radius 1 is 1.21 bits per heavy atom. The molecule has 0 fully saturated rings.